The monoisotopic (exact) mass is 261 g/mol. The molecule has 1 saturated heterocycles. The second kappa shape index (κ2) is 6.35. The fraction of sp³-hybridized carbons (Fsp3) is 0.667. The van der Waals surface area contributed by atoms with Crippen LogP contribution in [0.5, 0.6) is 0 Å². The number of nitrogens with zero attached hydrogens (tertiary/aromatic N) is 1. The van der Waals surface area contributed by atoms with Gasteiger partial charge in [0.15, 0.2) is 0 Å². The standard InChI is InChI=1S/C15H23N3O/c1-2-4-12(5-3-1)18-13-6-7-14(17-10-13)15-11-16-8-9-19-15/h6-7,10,12,15-16,18H,1-5,8-9,11H2/t15-/m0/s1. The lowest BCUT2D eigenvalue weighted by atomic mass is 9.95. The Balaban J connectivity index is 1.58. The average Bonchev–Trinajstić information content (AvgIpc) is 2.50. The first-order valence-corrected chi connectivity index (χ1v) is 7.46. The van der Waals surface area contributed by atoms with Crippen LogP contribution in [0.3, 0.4) is 0 Å². The minimum Gasteiger partial charge on any atom is -0.381 e. The maximum absolute atomic E-state index is 5.71. The van der Waals surface area contributed by atoms with Crippen LogP contribution in [-0.4, -0.2) is 30.7 Å². The molecule has 1 aliphatic carbocycles. The quantitative estimate of drug-likeness (QED) is 0.877. The van der Waals surface area contributed by atoms with Crippen molar-refractivity contribution in [2.45, 2.75) is 44.2 Å². The first kappa shape index (κ1) is 12.9. The Bertz CT molecular complexity index is 381. The summed E-state index contributed by atoms with van der Waals surface area (Å²) in [5.41, 5.74) is 2.17. The molecular formula is C15H23N3O. The smallest absolute Gasteiger partial charge is 0.112 e. The summed E-state index contributed by atoms with van der Waals surface area (Å²) in [4.78, 5) is 4.54. The predicted molar refractivity (Wildman–Crippen MR) is 76.3 cm³/mol. The highest BCUT2D eigenvalue weighted by atomic mass is 16.5. The Hall–Kier alpha value is -1.13. The Labute approximate surface area is 115 Å². The Kier molecular flexibility index (Phi) is 4.30. The molecule has 19 heavy (non-hydrogen) atoms. The molecule has 2 N–H and O–H groups in total. The van der Waals surface area contributed by atoms with Crippen molar-refractivity contribution in [3.05, 3.63) is 24.0 Å². The molecule has 0 spiro atoms. The van der Waals surface area contributed by atoms with Crippen LogP contribution in [0.2, 0.25) is 0 Å². The number of pyridine rings is 1. The molecule has 4 heteroatoms. The van der Waals surface area contributed by atoms with E-state index >= 15 is 0 Å². The van der Waals surface area contributed by atoms with Gasteiger partial charge in [0.25, 0.3) is 0 Å². The lowest BCUT2D eigenvalue weighted by molar-refractivity contribution is 0.0250. The number of ether oxygens (including phenoxy) is 1. The predicted octanol–water partition coefficient (Wildman–Crippen LogP) is 2.49. The lowest BCUT2D eigenvalue weighted by Gasteiger charge is -2.25. The van der Waals surface area contributed by atoms with Gasteiger partial charge in [0.1, 0.15) is 6.10 Å². The molecule has 0 unspecified atom stereocenters. The molecule has 2 fully saturated rings. The number of rotatable bonds is 3. The van der Waals surface area contributed by atoms with Crippen LogP contribution in [0, 0.1) is 0 Å². The first-order chi connectivity index (χ1) is 9.42. The SMILES string of the molecule is c1cc([C@@H]2CNCCO2)ncc1NC1CCCCC1. The van der Waals surface area contributed by atoms with Crippen molar-refractivity contribution in [3.63, 3.8) is 0 Å². The molecule has 1 atom stereocenters. The van der Waals surface area contributed by atoms with Gasteiger partial charge in [0.2, 0.25) is 0 Å². The zero-order valence-electron chi connectivity index (χ0n) is 11.4. The van der Waals surface area contributed by atoms with Gasteiger partial charge in [-0.2, -0.15) is 0 Å². The molecule has 2 aliphatic rings. The third-order valence-electron chi connectivity index (χ3n) is 4.02. The van der Waals surface area contributed by atoms with Crippen molar-refractivity contribution in [2.75, 3.05) is 25.0 Å². The van der Waals surface area contributed by atoms with E-state index in [0.29, 0.717) is 6.04 Å². The summed E-state index contributed by atoms with van der Waals surface area (Å²) in [5, 5.41) is 6.93. The molecule has 1 aromatic heterocycles. The van der Waals surface area contributed by atoms with E-state index in [2.05, 4.69) is 27.8 Å². The molecule has 1 aromatic rings. The van der Waals surface area contributed by atoms with Crippen LogP contribution >= 0.6 is 0 Å². The van der Waals surface area contributed by atoms with Crippen LogP contribution in [0.15, 0.2) is 18.3 Å². The van der Waals surface area contributed by atoms with Crippen LogP contribution in [-0.2, 0) is 4.74 Å². The van der Waals surface area contributed by atoms with Crippen molar-refractivity contribution in [3.8, 4) is 0 Å². The molecule has 1 saturated carbocycles. The zero-order chi connectivity index (χ0) is 12.9. The summed E-state index contributed by atoms with van der Waals surface area (Å²) < 4.78 is 5.71. The second-order valence-corrected chi connectivity index (χ2v) is 5.51. The molecule has 2 heterocycles. The maximum Gasteiger partial charge on any atom is 0.112 e. The minimum absolute atomic E-state index is 0.109. The highest BCUT2D eigenvalue weighted by Gasteiger charge is 2.17. The largest absolute Gasteiger partial charge is 0.381 e. The van der Waals surface area contributed by atoms with E-state index in [1.165, 1.54) is 32.1 Å². The fourth-order valence-corrected chi connectivity index (χ4v) is 2.92. The summed E-state index contributed by atoms with van der Waals surface area (Å²) in [6, 6.07) is 4.85. The minimum atomic E-state index is 0.109. The number of hydrogen-bond donors (Lipinski definition) is 2. The summed E-state index contributed by atoms with van der Waals surface area (Å²) in [7, 11) is 0. The molecule has 0 aromatic carbocycles. The summed E-state index contributed by atoms with van der Waals surface area (Å²) in [5.74, 6) is 0. The average molecular weight is 261 g/mol. The van der Waals surface area contributed by atoms with Gasteiger partial charge in [0, 0.05) is 19.1 Å². The highest BCUT2D eigenvalue weighted by molar-refractivity contribution is 5.42. The van der Waals surface area contributed by atoms with Crippen molar-refractivity contribution in [2.24, 2.45) is 0 Å². The molecule has 104 valence electrons. The molecule has 0 radical (unpaired) electrons. The van der Waals surface area contributed by atoms with Gasteiger partial charge < -0.3 is 15.4 Å². The lowest BCUT2D eigenvalue weighted by Crippen LogP contribution is -2.33. The Morgan fingerprint density at radius 1 is 1.21 bits per heavy atom. The Morgan fingerprint density at radius 3 is 2.79 bits per heavy atom. The summed E-state index contributed by atoms with van der Waals surface area (Å²) in [6.07, 6.45) is 8.73. The van der Waals surface area contributed by atoms with Crippen molar-refractivity contribution >= 4 is 5.69 Å². The van der Waals surface area contributed by atoms with Gasteiger partial charge >= 0.3 is 0 Å². The van der Waals surface area contributed by atoms with E-state index in [1.807, 2.05) is 6.20 Å². The van der Waals surface area contributed by atoms with E-state index in [0.717, 1.165) is 31.1 Å². The van der Waals surface area contributed by atoms with Crippen LogP contribution in [0.4, 0.5) is 5.69 Å². The van der Waals surface area contributed by atoms with Gasteiger partial charge in [-0.15, -0.1) is 0 Å². The third-order valence-corrected chi connectivity index (χ3v) is 4.02. The van der Waals surface area contributed by atoms with Crippen LogP contribution in [0.1, 0.15) is 43.9 Å². The van der Waals surface area contributed by atoms with E-state index < -0.39 is 0 Å². The Morgan fingerprint density at radius 2 is 2.11 bits per heavy atom. The molecular weight excluding hydrogens is 238 g/mol. The van der Waals surface area contributed by atoms with Gasteiger partial charge in [-0.1, -0.05) is 19.3 Å². The molecule has 0 amide bonds. The topological polar surface area (TPSA) is 46.2 Å². The van der Waals surface area contributed by atoms with Gasteiger partial charge in [0.05, 0.1) is 24.2 Å². The van der Waals surface area contributed by atoms with Gasteiger partial charge in [-0.05, 0) is 25.0 Å². The van der Waals surface area contributed by atoms with E-state index in [1.54, 1.807) is 0 Å². The van der Waals surface area contributed by atoms with Crippen molar-refractivity contribution in [1.82, 2.24) is 10.3 Å². The normalized spacial score (nSPS) is 25.2. The van der Waals surface area contributed by atoms with Crippen LogP contribution in [0.25, 0.3) is 0 Å². The highest BCUT2D eigenvalue weighted by Crippen LogP contribution is 2.22. The maximum atomic E-state index is 5.71. The number of hydrogen-bond acceptors (Lipinski definition) is 4. The van der Waals surface area contributed by atoms with Gasteiger partial charge in [-0.3, -0.25) is 4.98 Å². The fourth-order valence-electron chi connectivity index (χ4n) is 2.92. The van der Waals surface area contributed by atoms with E-state index in [4.69, 9.17) is 4.74 Å². The summed E-state index contributed by atoms with van der Waals surface area (Å²) >= 11 is 0. The summed E-state index contributed by atoms with van der Waals surface area (Å²) in [6.45, 7) is 2.58. The number of anilines is 1. The van der Waals surface area contributed by atoms with E-state index in [-0.39, 0.29) is 6.10 Å². The number of aromatic nitrogens is 1. The molecule has 3 rings (SSSR count). The van der Waals surface area contributed by atoms with Crippen molar-refractivity contribution in [1.29, 1.82) is 0 Å². The molecule has 0 bridgehead atoms. The number of morpholine rings is 1. The second-order valence-electron chi connectivity index (χ2n) is 5.51. The molecule has 4 nitrogen and oxygen atoms in total. The van der Waals surface area contributed by atoms with E-state index in [9.17, 15) is 0 Å². The molecule has 1 aliphatic heterocycles. The van der Waals surface area contributed by atoms with Crippen molar-refractivity contribution < 1.29 is 4.74 Å². The third kappa shape index (κ3) is 3.45. The first-order valence-electron chi connectivity index (χ1n) is 7.46. The van der Waals surface area contributed by atoms with Gasteiger partial charge in [-0.25, -0.2) is 0 Å². The number of nitrogens with one attached hydrogen (secondary N) is 2. The van der Waals surface area contributed by atoms with Crippen LogP contribution < -0.4 is 10.6 Å². The zero-order valence-corrected chi connectivity index (χ0v) is 11.4.